The summed E-state index contributed by atoms with van der Waals surface area (Å²) in [7, 11) is 0. The van der Waals surface area contributed by atoms with Gasteiger partial charge in [0.15, 0.2) is 0 Å². The van der Waals surface area contributed by atoms with Crippen LogP contribution in [-0.4, -0.2) is 29.6 Å². The van der Waals surface area contributed by atoms with E-state index in [-0.39, 0.29) is 17.8 Å². The molecule has 6 nitrogen and oxygen atoms in total. The molecule has 8 heteroatoms. The summed E-state index contributed by atoms with van der Waals surface area (Å²) in [6, 6.07) is 14.9. The number of hydrogen-bond donors (Lipinski definition) is 2. The summed E-state index contributed by atoms with van der Waals surface area (Å²) in [5.74, 6) is -0.722. The molecule has 1 heterocycles. The molecule has 200 valence electrons. The molecule has 2 N–H and O–H groups in total. The van der Waals surface area contributed by atoms with Crippen LogP contribution < -0.4 is 10.6 Å². The average molecular weight is 551 g/mol. The molecular weight excluding hydrogens is 516 g/mol. The lowest BCUT2D eigenvalue weighted by atomic mass is 9.96. The van der Waals surface area contributed by atoms with Crippen LogP contribution in [0.5, 0.6) is 0 Å². The Kier molecular flexibility index (Phi) is 9.63. The van der Waals surface area contributed by atoms with E-state index >= 15 is 0 Å². The van der Waals surface area contributed by atoms with E-state index in [9.17, 15) is 14.4 Å². The molecule has 2 aromatic carbocycles. The fourth-order valence-electron chi connectivity index (χ4n) is 4.45. The number of thiophene rings is 1. The minimum absolute atomic E-state index is 0.177. The van der Waals surface area contributed by atoms with Crippen molar-refractivity contribution in [2.75, 3.05) is 17.2 Å². The molecule has 0 saturated carbocycles. The van der Waals surface area contributed by atoms with Gasteiger partial charge in [-0.25, -0.2) is 4.79 Å². The van der Waals surface area contributed by atoms with Crippen LogP contribution in [0.2, 0.25) is 0 Å². The number of carbonyl (C=O) groups excluding carboxylic acids is 3. The maximum atomic E-state index is 13.2. The van der Waals surface area contributed by atoms with Crippen molar-refractivity contribution in [2.45, 2.75) is 69.4 Å². The Morgan fingerprint density at radius 3 is 2.47 bits per heavy atom. The maximum Gasteiger partial charge on any atom is 0.341 e. The van der Waals surface area contributed by atoms with E-state index in [0.717, 1.165) is 48.1 Å². The van der Waals surface area contributed by atoms with Crippen LogP contribution in [0.3, 0.4) is 0 Å². The second-order valence-electron chi connectivity index (χ2n) is 9.44. The number of thioether (sulfide) groups is 1. The molecule has 0 fully saturated rings. The van der Waals surface area contributed by atoms with E-state index in [2.05, 4.69) is 10.6 Å². The van der Waals surface area contributed by atoms with Crippen molar-refractivity contribution in [3.63, 3.8) is 0 Å². The van der Waals surface area contributed by atoms with Gasteiger partial charge < -0.3 is 15.4 Å². The quantitative estimate of drug-likeness (QED) is 0.228. The third kappa shape index (κ3) is 7.05. The number of rotatable bonds is 8. The Bertz CT molecular complexity index is 1300. The largest absolute Gasteiger partial charge is 0.462 e. The zero-order valence-electron chi connectivity index (χ0n) is 22.1. The molecule has 38 heavy (non-hydrogen) atoms. The monoisotopic (exact) mass is 550 g/mol. The van der Waals surface area contributed by atoms with Crippen LogP contribution in [0, 0.1) is 6.92 Å². The summed E-state index contributed by atoms with van der Waals surface area (Å²) in [6.07, 6.45) is 6.22. The molecule has 0 spiro atoms. The smallest absolute Gasteiger partial charge is 0.341 e. The Balaban J connectivity index is 1.45. The number of ether oxygens (including phenoxy) is 1. The highest BCUT2D eigenvalue weighted by Crippen LogP contribution is 2.38. The predicted octanol–water partition coefficient (Wildman–Crippen LogP) is 7.26. The summed E-state index contributed by atoms with van der Waals surface area (Å²) in [5.41, 5.74) is 3.91. The van der Waals surface area contributed by atoms with Gasteiger partial charge >= 0.3 is 5.97 Å². The molecule has 0 aliphatic heterocycles. The lowest BCUT2D eigenvalue weighted by molar-refractivity contribution is -0.115. The van der Waals surface area contributed by atoms with Gasteiger partial charge in [-0.15, -0.1) is 23.1 Å². The Labute approximate surface area is 232 Å². The molecule has 1 unspecified atom stereocenters. The van der Waals surface area contributed by atoms with Crippen molar-refractivity contribution < 1.29 is 19.1 Å². The summed E-state index contributed by atoms with van der Waals surface area (Å²) < 4.78 is 5.36. The fraction of sp³-hybridized carbons (Fsp3) is 0.367. The van der Waals surface area contributed by atoms with Gasteiger partial charge in [0.1, 0.15) is 5.00 Å². The number of anilines is 2. The molecule has 1 aromatic heterocycles. The van der Waals surface area contributed by atoms with Crippen LogP contribution >= 0.6 is 23.1 Å². The third-order valence-electron chi connectivity index (χ3n) is 6.48. The number of amides is 2. The Morgan fingerprint density at radius 1 is 1.00 bits per heavy atom. The van der Waals surface area contributed by atoms with Crippen LogP contribution in [0.15, 0.2) is 53.4 Å². The van der Waals surface area contributed by atoms with Gasteiger partial charge in [0.05, 0.1) is 17.4 Å². The van der Waals surface area contributed by atoms with E-state index in [1.807, 2.05) is 50.2 Å². The Hall–Kier alpha value is -3.10. The minimum Gasteiger partial charge on any atom is -0.462 e. The molecule has 1 aliphatic carbocycles. The highest BCUT2D eigenvalue weighted by molar-refractivity contribution is 8.00. The zero-order chi connectivity index (χ0) is 27.1. The van der Waals surface area contributed by atoms with Gasteiger partial charge in [0.25, 0.3) is 5.91 Å². The molecule has 0 radical (unpaired) electrons. The van der Waals surface area contributed by atoms with Gasteiger partial charge in [0.2, 0.25) is 5.91 Å². The van der Waals surface area contributed by atoms with Crippen LogP contribution in [-0.2, 0) is 22.4 Å². The lowest BCUT2D eigenvalue weighted by Gasteiger charge is -2.14. The summed E-state index contributed by atoms with van der Waals surface area (Å²) >= 11 is 2.91. The molecule has 0 saturated heterocycles. The maximum absolute atomic E-state index is 13.2. The normalized spacial score (nSPS) is 14.0. The second kappa shape index (κ2) is 13.1. The number of fused-ring (bicyclic) bond motifs is 1. The van der Waals surface area contributed by atoms with Gasteiger partial charge in [-0.1, -0.05) is 36.6 Å². The molecule has 3 aromatic rings. The standard InChI is InChI=1S/C30H34N2O4S2/c1-4-36-30(35)26-24-12-7-5-6-8-13-25(24)38-29(26)32-27(33)20(3)37-23-11-9-10-22(18-23)31-28(34)21-16-14-19(2)15-17-21/h9-11,14-18,20H,4-8,12-13H2,1-3H3,(H,31,34)(H,32,33). The van der Waals surface area contributed by atoms with E-state index in [1.54, 1.807) is 19.1 Å². The Morgan fingerprint density at radius 2 is 1.74 bits per heavy atom. The van der Waals surface area contributed by atoms with Gasteiger partial charge in [-0.05, 0) is 82.3 Å². The van der Waals surface area contributed by atoms with Crippen molar-refractivity contribution in [3.05, 3.63) is 75.7 Å². The number of esters is 1. The molecular formula is C30H34N2O4S2. The second-order valence-corrected chi connectivity index (χ2v) is 12.0. The summed E-state index contributed by atoms with van der Waals surface area (Å²) in [6.45, 7) is 5.90. The van der Waals surface area contributed by atoms with Crippen molar-refractivity contribution in [1.82, 2.24) is 0 Å². The van der Waals surface area contributed by atoms with Crippen LogP contribution in [0.4, 0.5) is 10.7 Å². The van der Waals surface area contributed by atoms with Crippen LogP contribution in [0.25, 0.3) is 0 Å². The van der Waals surface area contributed by atoms with E-state index in [0.29, 0.717) is 28.4 Å². The lowest BCUT2D eigenvalue weighted by Crippen LogP contribution is -2.23. The molecule has 2 amide bonds. The van der Waals surface area contributed by atoms with E-state index in [4.69, 9.17) is 4.74 Å². The third-order valence-corrected chi connectivity index (χ3v) is 8.78. The first kappa shape index (κ1) is 27.9. The van der Waals surface area contributed by atoms with E-state index < -0.39 is 5.25 Å². The molecule has 1 aliphatic rings. The molecule has 1 atom stereocenters. The molecule has 4 rings (SSSR count). The van der Waals surface area contributed by atoms with Gasteiger partial charge in [-0.2, -0.15) is 0 Å². The first-order valence-electron chi connectivity index (χ1n) is 13.1. The topological polar surface area (TPSA) is 84.5 Å². The highest BCUT2D eigenvalue weighted by atomic mass is 32.2. The first-order chi connectivity index (χ1) is 18.4. The number of nitrogens with one attached hydrogen (secondary N) is 2. The van der Waals surface area contributed by atoms with Gasteiger partial charge in [-0.3, -0.25) is 9.59 Å². The predicted molar refractivity (Wildman–Crippen MR) is 156 cm³/mol. The number of hydrogen-bond acceptors (Lipinski definition) is 6. The average Bonchev–Trinajstić information content (AvgIpc) is 3.20. The number of benzene rings is 2. The van der Waals surface area contributed by atoms with Crippen LogP contribution in [0.1, 0.15) is 76.3 Å². The zero-order valence-corrected chi connectivity index (χ0v) is 23.7. The summed E-state index contributed by atoms with van der Waals surface area (Å²) in [5, 5.41) is 6.13. The van der Waals surface area contributed by atoms with E-state index in [1.165, 1.54) is 34.4 Å². The number of aryl methyl sites for hydroxylation is 2. The van der Waals surface area contributed by atoms with Crippen molar-refractivity contribution >= 4 is 51.6 Å². The number of carbonyl (C=O) groups is 3. The summed E-state index contributed by atoms with van der Waals surface area (Å²) in [4.78, 5) is 40.8. The molecule has 0 bridgehead atoms. The SMILES string of the molecule is CCOC(=O)c1c(NC(=O)C(C)Sc2cccc(NC(=O)c3ccc(C)cc3)c2)sc2c1CCCCCC2. The van der Waals surface area contributed by atoms with Crippen molar-refractivity contribution in [1.29, 1.82) is 0 Å². The minimum atomic E-state index is -0.419. The highest BCUT2D eigenvalue weighted by Gasteiger charge is 2.27. The fourth-order valence-corrected chi connectivity index (χ4v) is 6.66. The van der Waals surface area contributed by atoms with Gasteiger partial charge in [0, 0.05) is 21.0 Å². The van der Waals surface area contributed by atoms with Crippen molar-refractivity contribution in [3.8, 4) is 0 Å². The van der Waals surface area contributed by atoms with Crippen molar-refractivity contribution in [2.24, 2.45) is 0 Å². The first-order valence-corrected chi connectivity index (χ1v) is 14.8.